The smallest absolute Gasteiger partial charge is 0.343 e. The van der Waals surface area contributed by atoms with Crippen LogP contribution in [0.5, 0.6) is 5.75 Å². The number of Topliss-reactive ketones (excluding diaryl/α,β-unsaturated/α-hetero) is 1. The third kappa shape index (κ3) is 5.05. The number of anilines is 1. The molecule has 214 valence electrons. The van der Waals surface area contributed by atoms with Crippen molar-refractivity contribution in [2.75, 3.05) is 11.5 Å². The molecule has 0 radical (unpaired) electrons. The summed E-state index contributed by atoms with van der Waals surface area (Å²) in [7, 11) is 0. The predicted molar refractivity (Wildman–Crippen MR) is 163 cm³/mol. The molecule has 3 fully saturated rings. The van der Waals surface area contributed by atoms with Gasteiger partial charge in [-0.05, 0) is 78.9 Å². The largest absolute Gasteiger partial charge is 0.454 e. The maximum absolute atomic E-state index is 13.5. The number of halogens is 3. The first-order valence-electron chi connectivity index (χ1n) is 13.2. The number of ether oxygens (including phenoxy) is 2. The number of alkyl halides is 2. The lowest BCUT2D eigenvalue weighted by Gasteiger charge is -2.28. The van der Waals surface area contributed by atoms with E-state index >= 15 is 0 Å². The van der Waals surface area contributed by atoms with Gasteiger partial charge in [-0.3, -0.25) is 14.4 Å². The van der Waals surface area contributed by atoms with E-state index in [1.165, 1.54) is 30.3 Å². The number of fused-ring (bicyclic) bond motifs is 5. The van der Waals surface area contributed by atoms with Gasteiger partial charge < -0.3 is 9.47 Å². The number of ketones is 1. The molecule has 2 bridgehead atoms. The van der Waals surface area contributed by atoms with Crippen molar-refractivity contribution in [3.63, 3.8) is 0 Å². The van der Waals surface area contributed by atoms with Crippen LogP contribution in [0, 0.1) is 23.7 Å². The van der Waals surface area contributed by atoms with E-state index in [1.807, 2.05) is 0 Å². The Kier molecular flexibility index (Phi) is 7.93. The first-order valence-corrected chi connectivity index (χ1v) is 15.8. The van der Waals surface area contributed by atoms with Crippen LogP contribution < -0.4 is 9.64 Å². The number of hydrogen-bond donors (Lipinski definition) is 0. The van der Waals surface area contributed by atoms with Crippen molar-refractivity contribution in [2.45, 2.75) is 16.1 Å². The van der Waals surface area contributed by atoms with Crippen LogP contribution in [0.25, 0.3) is 0 Å². The maximum atomic E-state index is 13.5. The number of amides is 2. The molecule has 3 aromatic carbocycles. The first-order chi connectivity index (χ1) is 20.2. The Labute approximate surface area is 266 Å². The highest BCUT2D eigenvalue weighted by Gasteiger charge is 2.66. The summed E-state index contributed by atoms with van der Waals surface area (Å²) in [6, 6.07) is 18.9. The second-order valence-corrected chi connectivity index (χ2v) is 13.5. The number of esters is 2. The monoisotopic (exact) mass is 757 g/mol. The molecular weight excluding hydrogens is 738 g/mol. The van der Waals surface area contributed by atoms with Gasteiger partial charge in [-0.15, -0.1) is 0 Å². The summed E-state index contributed by atoms with van der Waals surface area (Å²) in [6.07, 6.45) is 0.798. The lowest BCUT2D eigenvalue weighted by Crippen LogP contribution is -2.37. The molecule has 2 saturated carbocycles. The molecule has 0 aromatic heterocycles. The SMILES string of the molecule is O=C(COC(=O)c1ccccc1N1C(=O)C2C3CC(C(Br)C3Br)C2C1=O)c1ccc(OC(=O)c2ccc(Br)cc2)cc1. The number of carbonyl (C=O) groups excluding carboxylic acids is 5. The molecule has 1 saturated heterocycles. The van der Waals surface area contributed by atoms with Crippen molar-refractivity contribution in [3.8, 4) is 5.75 Å². The van der Waals surface area contributed by atoms with Gasteiger partial charge in [0, 0.05) is 19.7 Å². The van der Waals surface area contributed by atoms with Crippen LogP contribution in [0.1, 0.15) is 37.5 Å². The second-order valence-electron chi connectivity index (χ2n) is 10.5. The van der Waals surface area contributed by atoms with Gasteiger partial charge in [0.2, 0.25) is 11.8 Å². The van der Waals surface area contributed by atoms with Crippen molar-refractivity contribution in [1.82, 2.24) is 0 Å². The fourth-order valence-electron chi connectivity index (χ4n) is 6.18. The summed E-state index contributed by atoms with van der Waals surface area (Å²) in [5.41, 5.74) is 0.813. The number of nitrogens with zero attached hydrogens (tertiary/aromatic N) is 1. The van der Waals surface area contributed by atoms with Crippen LogP contribution in [0.4, 0.5) is 5.69 Å². The summed E-state index contributed by atoms with van der Waals surface area (Å²) in [4.78, 5) is 66.5. The molecule has 1 heterocycles. The van der Waals surface area contributed by atoms with Crippen LogP contribution in [0.15, 0.2) is 77.3 Å². The minimum absolute atomic E-state index is 0.0281. The highest BCUT2D eigenvalue weighted by Crippen LogP contribution is 2.60. The first kappa shape index (κ1) is 28.9. The van der Waals surface area contributed by atoms with Crippen LogP contribution in [-0.4, -0.2) is 45.8 Å². The van der Waals surface area contributed by atoms with Crippen molar-refractivity contribution < 1.29 is 33.4 Å². The van der Waals surface area contributed by atoms with E-state index in [1.54, 1.807) is 42.5 Å². The normalized spacial score (nSPS) is 25.8. The number of rotatable bonds is 7. The van der Waals surface area contributed by atoms with E-state index in [4.69, 9.17) is 9.47 Å². The molecule has 42 heavy (non-hydrogen) atoms. The molecule has 8 nitrogen and oxygen atoms in total. The minimum atomic E-state index is -0.823. The molecule has 2 aliphatic carbocycles. The lowest BCUT2D eigenvalue weighted by molar-refractivity contribution is -0.123. The number of para-hydroxylation sites is 1. The molecular formula is C31H22Br3NO7. The van der Waals surface area contributed by atoms with E-state index < -0.39 is 36.2 Å². The Morgan fingerprint density at radius 1 is 0.762 bits per heavy atom. The average molecular weight is 760 g/mol. The Balaban J connectivity index is 1.11. The summed E-state index contributed by atoms with van der Waals surface area (Å²) >= 11 is 10.7. The van der Waals surface area contributed by atoms with E-state index in [-0.39, 0.29) is 55.9 Å². The van der Waals surface area contributed by atoms with E-state index in [2.05, 4.69) is 47.8 Å². The fourth-order valence-corrected chi connectivity index (χ4v) is 8.32. The van der Waals surface area contributed by atoms with Crippen LogP contribution >= 0.6 is 47.8 Å². The van der Waals surface area contributed by atoms with Gasteiger partial charge in [0.05, 0.1) is 28.7 Å². The van der Waals surface area contributed by atoms with E-state index in [9.17, 15) is 24.0 Å². The zero-order chi connectivity index (χ0) is 29.7. The quantitative estimate of drug-likeness (QED) is 0.0959. The molecule has 6 rings (SSSR count). The van der Waals surface area contributed by atoms with E-state index in [0.717, 1.165) is 15.8 Å². The Morgan fingerprint density at radius 2 is 1.33 bits per heavy atom. The van der Waals surface area contributed by atoms with Crippen molar-refractivity contribution >= 4 is 83.0 Å². The third-order valence-electron chi connectivity index (χ3n) is 8.15. The van der Waals surface area contributed by atoms with Gasteiger partial charge in [-0.2, -0.15) is 0 Å². The summed E-state index contributed by atoms with van der Waals surface area (Å²) < 4.78 is 11.5. The van der Waals surface area contributed by atoms with Gasteiger partial charge in [0.1, 0.15) is 5.75 Å². The summed E-state index contributed by atoms with van der Waals surface area (Å²) in [5, 5.41) is 0. The van der Waals surface area contributed by atoms with Crippen molar-refractivity contribution in [3.05, 3.63) is 94.0 Å². The maximum Gasteiger partial charge on any atom is 0.343 e. The molecule has 6 atom stereocenters. The van der Waals surface area contributed by atoms with Crippen molar-refractivity contribution in [1.29, 1.82) is 0 Å². The highest BCUT2D eigenvalue weighted by molar-refractivity contribution is 9.12. The molecule has 2 amide bonds. The minimum Gasteiger partial charge on any atom is -0.454 e. The van der Waals surface area contributed by atoms with Gasteiger partial charge in [-0.25, -0.2) is 14.5 Å². The third-order valence-corrected chi connectivity index (χ3v) is 11.9. The molecule has 3 aliphatic rings. The average Bonchev–Trinajstić information content (AvgIpc) is 3.61. The molecule has 0 N–H and O–H groups in total. The second kappa shape index (κ2) is 11.5. The van der Waals surface area contributed by atoms with Gasteiger partial charge in [-0.1, -0.05) is 59.9 Å². The summed E-state index contributed by atoms with van der Waals surface area (Å²) in [6.45, 7) is -0.557. The van der Waals surface area contributed by atoms with Gasteiger partial charge in [0.15, 0.2) is 12.4 Å². The van der Waals surface area contributed by atoms with Crippen LogP contribution in [0.3, 0.4) is 0 Å². The zero-order valence-electron chi connectivity index (χ0n) is 21.7. The molecule has 6 unspecified atom stereocenters. The van der Waals surface area contributed by atoms with Crippen LogP contribution in [-0.2, 0) is 14.3 Å². The number of benzene rings is 3. The molecule has 11 heteroatoms. The van der Waals surface area contributed by atoms with Gasteiger partial charge >= 0.3 is 11.9 Å². The highest BCUT2D eigenvalue weighted by atomic mass is 79.9. The fraction of sp³-hybridized carbons (Fsp3) is 0.258. The Bertz CT molecular complexity index is 1580. The molecule has 1 aliphatic heterocycles. The van der Waals surface area contributed by atoms with Crippen LogP contribution in [0.2, 0.25) is 0 Å². The number of imide groups is 1. The Hall–Kier alpha value is -3.15. The van der Waals surface area contributed by atoms with Gasteiger partial charge in [0.25, 0.3) is 0 Å². The van der Waals surface area contributed by atoms with E-state index in [0.29, 0.717) is 5.56 Å². The molecule has 3 aromatic rings. The predicted octanol–water partition coefficient (Wildman–Crippen LogP) is 5.99. The van der Waals surface area contributed by atoms with Crippen molar-refractivity contribution in [2.24, 2.45) is 23.7 Å². The summed E-state index contributed by atoms with van der Waals surface area (Å²) in [5.74, 6) is -2.98. The zero-order valence-corrected chi connectivity index (χ0v) is 26.5. The number of carbonyl (C=O) groups is 5. The Morgan fingerprint density at radius 3 is 1.95 bits per heavy atom. The topological polar surface area (TPSA) is 107 Å². The number of hydrogen-bond acceptors (Lipinski definition) is 7. The molecule has 0 spiro atoms. The lowest BCUT2D eigenvalue weighted by atomic mass is 9.81. The standard InChI is InChI=1S/C31H22Br3NO7/c32-17-9-5-16(6-10-17)30(39)42-18-11-7-15(8-12-18)23(36)14-41-31(40)19-3-1-2-4-22(19)35-28(37)24-20-13-21(25(24)29(35)38)27(34)26(20)33/h1-12,20-21,24-27H,13-14H2.